The summed E-state index contributed by atoms with van der Waals surface area (Å²) in [4.78, 5) is 20.8. The number of amides is 1. The molecule has 0 saturated carbocycles. The van der Waals surface area contributed by atoms with Crippen molar-refractivity contribution in [2.45, 2.75) is 13.1 Å². The zero-order valence-corrected chi connectivity index (χ0v) is 14.8. The molecule has 0 spiro atoms. The molecule has 3 heterocycles. The maximum atomic E-state index is 13.4. The van der Waals surface area contributed by atoms with Crippen LogP contribution in [0.2, 0.25) is 0 Å². The molecular weight excluding hydrogens is 387 g/mol. The van der Waals surface area contributed by atoms with Gasteiger partial charge in [0, 0.05) is 5.56 Å². The van der Waals surface area contributed by atoms with E-state index in [1.165, 1.54) is 47.4 Å². The highest BCUT2D eigenvalue weighted by molar-refractivity contribution is 6.03. The summed E-state index contributed by atoms with van der Waals surface area (Å²) in [7, 11) is 0. The molecule has 0 saturated heterocycles. The van der Waals surface area contributed by atoms with Crippen LogP contribution in [0.25, 0.3) is 16.9 Å². The minimum absolute atomic E-state index is 0.0561. The van der Waals surface area contributed by atoms with Crippen molar-refractivity contribution >= 4 is 17.4 Å². The van der Waals surface area contributed by atoms with Crippen LogP contribution in [0.1, 0.15) is 21.7 Å². The van der Waals surface area contributed by atoms with Crippen LogP contribution in [-0.2, 0) is 6.18 Å². The molecule has 29 heavy (non-hydrogen) atoms. The van der Waals surface area contributed by atoms with Crippen LogP contribution in [0.3, 0.4) is 0 Å². The van der Waals surface area contributed by atoms with E-state index >= 15 is 0 Å². The molecule has 1 N–H and O–H groups in total. The van der Waals surface area contributed by atoms with Crippen molar-refractivity contribution in [3.8, 4) is 11.3 Å². The maximum Gasteiger partial charge on any atom is 0.417 e. The second-order valence-electron chi connectivity index (χ2n) is 6.02. The first-order valence-corrected chi connectivity index (χ1v) is 8.31. The molecule has 0 aliphatic heterocycles. The SMILES string of the molecule is Cc1nc2ccc(-c3ccccc3C(F)(F)F)nn2c1C(=O)Nc1cnncn1. The van der Waals surface area contributed by atoms with Crippen LogP contribution in [0, 0.1) is 6.92 Å². The molecule has 1 amide bonds. The van der Waals surface area contributed by atoms with Crippen molar-refractivity contribution in [1.29, 1.82) is 0 Å². The highest BCUT2D eigenvalue weighted by atomic mass is 19.4. The summed E-state index contributed by atoms with van der Waals surface area (Å²) in [6.07, 6.45) is -2.12. The van der Waals surface area contributed by atoms with Crippen molar-refractivity contribution in [1.82, 2.24) is 29.8 Å². The third-order valence-electron chi connectivity index (χ3n) is 4.11. The van der Waals surface area contributed by atoms with E-state index in [1.54, 1.807) is 6.92 Å². The first-order chi connectivity index (χ1) is 13.8. The monoisotopic (exact) mass is 399 g/mol. The second-order valence-corrected chi connectivity index (χ2v) is 6.02. The lowest BCUT2D eigenvalue weighted by Crippen LogP contribution is -2.18. The van der Waals surface area contributed by atoms with Crippen molar-refractivity contribution < 1.29 is 18.0 Å². The van der Waals surface area contributed by atoms with Crippen LogP contribution < -0.4 is 5.32 Å². The molecule has 146 valence electrons. The molecule has 1 aromatic carbocycles. The third kappa shape index (κ3) is 3.49. The summed E-state index contributed by atoms with van der Waals surface area (Å²) < 4.78 is 41.3. The number of hydrogen-bond acceptors (Lipinski definition) is 6. The fraction of sp³-hybridized carbons (Fsp3) is 0.111. The topological polar surface area (TPSA) is 98.0 Å². The number of aromatic nitrogens is 6. The minimum Gasteiger partial charge on any atom is -0.304 e. The molecule has 0 aliphatic rings. The number of halogens is 3. The molecule has 11 heteroatoms. The van der Waals surface area contributed by atoms with Gasteiger partial charge in [0.15, 0.2) is 17.2 Å². The molecule has 0 fully saturated rings. The number of fused-ring (bicyclic) bond motifs is 1. The first-order valence-electron chi connectivity index (χ1n) is 8.31. The Morgan fingerprint density at radius 1 is 1.10 bits per heavy atom. The number of hydrogen-bond donors (Lipinski definition) is 1. The Hall–Kier alpha value is -3.89. The van der Waals surface area contributed by atoms with E-state index in [0.717, 1.165) is 6.07 Å². The Labute approximate surface area is 161 Å². The van der Waals surface area contributed by atoms with E-state index in [4.69, 9.17) is 0 Å². The summed E-state index contributed by atoms with van der Waals surface area (Å²) in [5, 5.41) is 13.9. The van der Waals surface area contributed by atoms with Gasteiger partial charge in [0.2, 0.25) is 0 Å². The Morgan fingerprint density at radius 2 is 1.90 bits per heavy atom. The highest BCUT2D eigenvalue weighted by Gasteiger charge is 2.33. The van der Waals surface area contributed by atoms with E-state index < -0.39 is 17.6 Å². The molecule has 0 aliphatic carbocycles. The predicted octanol–water partition coefficient (Wildman–Crippen LogP) is 3.16. The molecule has 0 atom stereocenters. The number of carbonyl (C=O) groups is 1. The van der Waals surface area contributed by atoms with Gasteiger partial charge < -0.3 is 5.32 Å². The number of alkyl halides is 3. The van der Waals surface area contributed by atoms with E-state index in [2.05, 4.69) is 30.6 Å². The van der Waals surface area contributed by atoms with Crippen molar-refractivity contribution in [3.05, 3.63) is 65.9 Å². The van der Waals surface area contributed by atoms with Gasteiger partial charge in [-0.15, -0.1) is 5.10 Å². The van der Waals surface area contributed by atoms with Gasteiger partial charge in [0.25, 0.3) is 5.91 Å². The standard InChI is InChI=1S/C18H12F3N7O/c1-10-16(17(29)26-14-8-23-24-9-22-14)28-15(25-10)7-6-13(27-28)11-4-2-3-5-12(11)18(19,20)21/h2-9H,1H3,(H,22,24,26,29). The van der Waals surface area contributed by atoms with Crippen molar-refractivity contribution in [2.75, 3.05) is 5.32 Å². The molecule has 0 bridgehead atoms. The highest BCUT2D eigenvalue weighted by Crippen LogP contribution is 2.36. The number of rotatable bonds is 3. The molecule has 4 aromatic rings. The largest absolute Gasteiger partial charge is 0.417 e. The van der Waals surface area contributed by atoms with Gasteiger partial charge in [-0.05, 0) is 25.1 Å². The number of imidazole rings is 1. The van der Waals surface area contributed by atoms with Crippen LogP contribution >= 0.6 is 0 Å². The van der Waals surface area contributed by atoms with Crippen LogP contribution in [0.4, 0.5) is 19.0 Å². The normalized spacial score (nSPS) is 11.6. The smallest absolute Gasteiger partial charge is 0.304 e. The molecule has 0 unspecified atom stereocenters. The van der Waals surface area contributed by atoms with E-state index in [1.807, 2.05) is 0 Å². The van der Waals surface area contributed by atoms with Crippen LogP contribution in [-0.4, -0.2) is 35.7 Å². The van der Waals surface area contributed by atoms with Gasteiger partial charge in [-0.2, -0.15) is 23.4 Å². The zero-order chi connectivity index (χ0) is 20.6. The van der Waals surface area contributed by atoms with Gasteiger partial charge in [0.1, 0.15) is 6.33 Å². The lowest BCUT2D eigenvalue weighted by Gasteiger charge is -2.12. The second kappa shape index (κ2) is 6.93. The number of nitrogens with one attached hydrogen (secondary N) is 1. The van der Waals surface area contributed by atoms with Crippen molar-refractivity contribution in [3.63, 3.8) is 0 Å². The summed E-state index contributed by atoms with van der Waals surface area (Å²) in [6, 6.07) is 8.04. The Morgan fingerprint density at radius 3 is 2.62 bits per heavy atom. The third-order valence-corrected chi connectivity index (χ3v) is 4.11. The van der Waals surface area contributed by atoms with Crippen LogP contribution in [0.15, 0.2) is 48.9 Å². The quantitative estimate of drug-likeness (QED) is 0.568. The lowest BCUT2D eigenvalue weighted by molar-refractivity contribution is -0.137. The summed E-state index contributed by atoms with van der Waals surface area (Å²) in [6.45, 7) is 1.60. The van der Waals surface area contributed by atoms with Gasteiger partial charge in [-0.3, -0.25) is 4.79 Å². The Kier molecular flexibility index (Phi) is 4.41. The Balaban J connectivity index is 1.81. The number of carbonyl (C=O) groups excluding carboxylic acids is 1. The summed E-state index contributed by atoms with van der Waals surface area (Å²) in [5.41, 5.74) is -0.105. The summed E-state index contributed by atoms with van der Waals surface area (Å²) in [5.74, 6) is -0.415. The minimum atomic E-state index is -4.54. The fourth-order valence-electron chi connectivity index (χ4n) is 2.88. The molecule has 0 radical (unpaired) electrons. The maximum absolute atomic E-state index is 13.4. The first kappa shape index (κ1) is 18.5. The molecular formula is C18H12F3N7O. The van der Waals surface area contributed by atoms with Gasteiger partial charge in [-0.25, -0.2) is 14.5 Å². The van der Waals surface area contributed by atoms with E-state index in [-0.39, 0.29) is 22.8 Å². The average Bonchev–Trinajstić information content (AvgIpc) is 3.03. The van der Waals surface area contributed by atoms with E-state index in [9.17, 15) is 18.0 Å². The molecule has 8 nitrogen and oxygen atoms in total. The zero-order valence-electron chi connectivity index (χ0n) is 14.8. The lowest BCUT2D eigenvalue weighted by atomic mass is 10.0. The number of nitrogens with zero attached hydrogens (tertiary/aromatic N) is 6. The van der Waals surface area contributed by atoms with Gasteiger partial charge in [-0.1, -0.05) is 18.2 Å². The van der Waals surface area contributed by atoms with Crippen LogP contribution in [0.5, 0.6) is 0 Å². The number of anilines is 1. The molecule has 3 aromatic heterocycles. The Bertz CT molecular complexity index is 1210. The summed E-state index contributed by atoms with van der Waals surface area (Å²) >= 11 is 0. The molecule has 4 rings (SSSR count). The predicted molar refractivity (Wildman–Crippen MR) is 95.9 cm³/mol. The van der Waals surface area contributed by atoms with E-state index in [0.29, 0.717) is 11.3 Å². The van der Waals surface area contributed by atoms with Gasteiger partial charge in [0.05, 0.1) is 23.1 Å². The number of aryl methyl sites for hydroxylation is 1. The fourth-order valence-corrected chi connectivity index (χ4v) is 2.88. The average molecular weight is 399 g/mol. The van der Waals surface area contributed by atoms with Gasteiger partial charge >= 0.3 is 6.18 Å². The van der Waals surface area contributed by atoms with Crippen molar-refractivity contribution in [2.24, 2.45) is 0 Å². The number of benzene rings is 1.